The molecule has 1 rings (SSSR count). The van der Waals surface area contributed by atoms with Crippen molar-refractivity contribution in [2.75, 3.05) is 23.0 Å². The van der Waals surface area contributed by atoms with E-state index in [2.05, 4.69) is 20.7 Å². The van der Waals surface area contributed by atoms with Gasteiger partial charge in [-0.1, -0.05) is 6.92 Å². The minimum Gasteiger partial charge on any atom is -0.369 e. The molecule has 0 aliphatic carbocycles. The van der Waals surface area contributed by atoms with Crippen molar-refractivity contribution >= 4 is 21.7 Å². The molecule has 0 bridgehead atoms. The molecule has 1 aromatic rings. The molecule has 0 aliphatic heterocycles. The number of primary sulfonamides is 1. The van der Waals surface area contributed by atoms with Crippen LogP contribution < -0.4 is 21.7 Å². The highest BCUT2D eigenvalue weighted by Gasteiger charge is 2.10. The first-order valence-corrected chi connectivity index (χ1v) is 7.17. The van der Waals surface area contributed by atoms with E-state index in [9.17, 15) is 8.42 Å². The molecular formula is C9H18N6O2S. The highest BCUT2D eigenvalue weighted by atomic mass is 32.2. The van der Waals surface area contributed by atoms with Crippen LogP contribution in [-0.2, 0) is 16.4 Å². The van der Waals surface area contributed by atoms with Gasteiger partial charge in [0.2, 0.25) is 10.0 Å². The predicted molar refractivity (Wildman–Crippen MR) is 70.4 cm³/mol. The lowest BCUT2D eigenvalue weighted by atomic mass is 10.3. The van der Waals surface area contributed by atoms with Crippen molar-refractivity contribution in [3.63, 3.8) is 0 Å². The van der Waals surface area contributed by atoms with Crippen LogP contribution in [0, 0.1) is 6.92 Å². The predicted octanol–water partition coefficient (Wildman–Crippen LogP) is -0.667. The van der Waals surface area contributed by atoms with Crippen LogP contribution in [0.1, 0.15) is 18.3 Å². The van der Waals surface area contributed by atoms with Crippen molar-refractivity contribution < 1.29 is 8.42 Å². The maximum atomic E-state index is 10.8. The lowest BCUT2D eigenvalue weighted by molar-refractivity contribution is 0.598. The fourth-order valence-corrected chi connectivity index (χ4v) is 1.73. The van der Waals surface area contributed by atoms with E-state index < -0.39 is 10.0 Å². The van der Waals surface area contributed by atoms with Gasteiger partial charge in [-0.25, -0.2) is 29.4 Å². The molecule has 6 N–H and O–H groups in total. The Morgan fingerprint density at radius 3 is 2.39 bits per heavy atom. The van der Waals surface area contributed by atoms with Gasteiger partial charge in [0.05, 0.1) is 5.75 Å². The van der Waals surface area contributed by atoms with Crippen LogP contribution in [0.3, 0.4) is 0 Å². The van der Waals surface area contributed by atoms with Gasteiger partial charge in [0.1, 0.15) is 17.5 Å². The van der Waals surface area contributed by atoms with Crippen LogP contribution >= 0.6 is 0 Å². The summed E-state index contributed by atoms with van der Waals surface area (Å²) in [6.45, 7) is 3.89. The van der Waals surface area contributed by atoms with Crippen molar-refractivity contribution in [3.8, 4) is 0 Å². The summed E-state index contributed by atoms with van der Waals surface area (Å²) in [5.41, 5.74) is 3.21. The molecule has 0 amide bonds. The number of sulfonamides is 1. The number of anilines is 2. The maximum absolute atomic E-state index is 10.8. The van der Waals surface area contributed by atoms with E-state index in [1.165, 1.54) is 0 Å². The van der Waals surface area contributed by atoms with Crippen molar-refractivity contribution in [1.29, 1.82) is 0 Å². The molecule has 0 aromatic carbocycles. The third-order valence-corrected chi connectivity index (χ3v) is 3.10. The van der Waals surface area contributed by atoms with Gasteiger partial charge < -0.3 is 10.7 Å². The fourth-order valence-electron chi connectivity index (χ4n) is 1.35. The first kappa shape index (κ1) is 14.6. The highest BCUT2D eigenvalue weighted by molar-refractivity contribution is 7.89. The zero-order valence-electron chi connectivity index (χ0n) is 10.4. The molecular weight excluding hydrogens is 256 g/mol. The van der Waals surface area contributed by atoms with Gasteiger partial charge in [0.25, 0.3) is 0 Å². The number of nitrogen functional groups attached to an aromatic ring is 1. The number of hydrazine groups is 1. The third kappa shape index (κ3) is 4.09. The van der Waals surface area contributed by atoms with Gasteiger partial charge in [-0.05, 0) is 6.92 Å². The second-order valence-electron chi connectivity index (χ2n) is 3.75. The van der Waals surface area contributed by atoms with Crippen LogP contribution in [0.15, 0.2) is 0 Å². The van der Waals surface area contributed by atoms with Crippen molar-refractivity contribution in [3.05, 3.63) is 11.4 Å². The van der Waals surface area contributed by atoms with Crippen LogP contribution in [-0.4, -0.2) is 30.7 Å². The van der Waals surface area contributed by atoms with E-state index in [0.29, 0.717) is 23.9 Å². The molecule has 0 saturated carbocycles. The summed E-state index contributed by atoms with van der Waals surface area (Å²) >= 11 is 0. The smallest absolute Gasteiger partial charge is 0.210 e. The summed E-state index contributed by atoms with van der Waals surface area (Å²) in [6.07, 6.45) is 0.652. The Morgan fingerprint density at radius 2 is 1.89 bits per heavy atom. The first-order chi connectivity index (χ1) is 8.37. The van der Waals surface area contributed by atoms with Crippen LogP contribution in [0.25, 0.3) is 0 Å². The van der Waals surface area contributed by atoms with Crippen LogP contribution in [0.5, 0.6) is 0 Å². The molecule has 0 atom stereocenters. The average Bonchev–Trinajstić information content (AvgIpc) is 2.29. The molecule has 1 aromatic heterocycles. The SMILES string of the molecule is CCc1nc(NN)c(C)c(NCCS(N)(=O)=O)n1. The molecule has 0 fully saturated rings. The van der Waals surface area contributed by atoms with E-state index in [1.807, 2.05) is 6.92 Å². The molecule has 0 saturated heterocycles. The highest BCUT2D eigenvalue weighted by Crippen LogP contribution is 2.19. The Balaban J connectivity index is 2.87. The Morgan fingerprint density at radius 1 is 1.28 bits per heavy atom. The maximum Gasteiger partial charge on any atom is 0.210 e. The molecule has 1 heterocycles. The van der Waals surface area contributed by atoms with Crippen LogP contribution in [0.4, 0.5) is 11.6 Å². The molecule has 9 heteroatoms. The Labute approximate surface area is 106 Å². The second kappa shape index (κ2) is 5.94. The Hall–Kier alpha value is -1.45. The summed E-state index contributed by atoms with van der Waals surface area (Å²) < 4.78 is 21.7. The number of nitrogens with one attached hydrogen (secondary N) is 2. The summed E-state index contributed by atoms with van der Waals surface area (Å²) in [5, 5.41) is 7.83. The van der Waals surface area contributed by atoms with E-state index in [1.54, 1.807) is 6.92 Å². The molecule has 0 unspecified atom stereocenters. The normalized spacial score (nSPS) is 11.3. The molecule has 102 valence electrons. The molecule has 0 spiro atoms. The number of aromatic nitrogens is 2. The first-order valence-electron chi connectivity index (χ1n) is 5.46. The van der Waals surface area contributed by atoms with Gasteiger partial charge in [-0.15, -0.1) is 0 Å². The number of nitrogens with zero attached hydrogens (tertiary/aromatic N) is 2. The van der Waals surface area contributed by atoms with Crippen LogP contribution in [0.2, 0.25) is 0 Å². The van der Waals surface area contributed by atoms with Crippen molar-refractivity contribution in [1.82, 2.24) is 9.97 Å². The van der Waals surface area contributed by atoms with Gasteiger partial charge in [-0.3, -0.25) is 0 Å². The Bertz CT molecular complexity index is 516. The van der Waals surface area contributed by atoms with Gasteiger partial charge in [0.15, 0.2) is 0 Å². The summed E-state index contributed by atoms with van der Waals surface area (Å²) in [6, 6.07) is 0. The monoisotopic (exact) mass is 274 g/mol. The third-order valence-electron chi connectivity index (χ3n) is 2.32. The van der Waals surface area contributed by atoms with E-state index >= 15 is 0 Å². The van der Waals surface area contributed by atoms with E-state index in [0.717, 1.165) is 5.56 Å². The number of hydrogen-bond acceptors (Lipinski definition) is 7. The minimum absolute atomic E-state index is 0.163. The fraction of sp³-hybridized carbons (Fsp3) is 0.556. The second-order valence-corrected chi connectivity index (χ2v) is 5.49. The topological polar surface area (TPSA) is 136 Å². The standard InChI is InChI=1S/C9H18N6O2S/c1-3-7-13-8(6(2)9(14-7)15-10)12-4-5-18(11,16)17/h3-5,10H2,1-2H3,(H2,11,16,17)(H2,12,13,14,15). The summed E-state index contributed by atoms with van der Waals surface area (Å²) in [5.74, 6) is 6.88. The lowest BCUT2D eigenvalue weighted by Gasteiger charge is -2.12. The quantitative estimate of drug-likeness (QED) is 0.399. The summed E-state index contributed by atoms with van der Waals surface area (Å²) in [7, 11) is -3.48. The molecule has 0 radical (unpaired) electrons. The van der Waals surface area contributed by atoms with Gasteiger partial charge >= 0.3 is 0 Å². The number of rotatable bonds is 6. The zero-order valence-corrected chi connectivity index (χ0v) is 11.2. The molecule has 8 nitrogen and oxygen atoms in total. The largest absolute Gasteiger partial charge is 0.369 e. The Kier molecular flexibility index (Phi) is 4.82. The van der Waals surface area contributed by atoms with E-state index in [4.69, 9.17) is 11.0 Å². The lowest BCUT2D eigenvalue weighted by Crippen LogP contribution is -2.23. The van der Waals surface area contributed by atoms with Crippen molar-refractivity contribution in [2.24, 2.45) is 11.0 Å². The molecule has 0 aliphatic rings. The molecule has 18 heavy (non-hydrogen) atoms. The van der Waals surface area contributed by atoms with E-state index in [-0.39, 0.29) is 12.3 Å². The van der Waals surface area contributed by atoms with Gasteiger partial charge in [0, 0.05) is 18.5 Å². The zero-order chi connectivity index (χ0) is 13.8. The number of aryl methyl sites for hydroxylation is 1. The van der Waals surface area contributed by atoms with Gasteiger partial charge in [-0.2, -0.15) is 0 Å². The number of hydrogen-bond donors (Lipinski definition) is 4. The minimum atomic E-state index is -3.48. The average molecular weight is 274 g/mol. The summed E-state index contributed by atoms with van der Waals surface area (Å²) in [4.78, 5) is 8.46. The van der Waals surface area contributed by atoms with Crippen molar-refractivity contribution in [2.45, 2.75) is 20.3 Å². The number of nitrogens with two attached hydrogens (primary N) is 2.